The Morgan fingerprint density at radius 2 is 1.83 bits per heavy atom. The molecule has 0 saturated carbocycles. The lowest BCUT2D eigenvalue weighted by Gasteiger charge is -2.28. The molecular weight excluding hydrogens is 391 g/mol. The van der Waals surface area contributed by atoms with Crippen molar-refractivity contribution in [2.45, 2.75) is 44.9 Å². The van der Waals surface area contributed by atoms with Crippen LogP contribution in [0.3, 0.4) is 0 Å². The summed E-state index contributed by atoms with van der Waals surface area (Å²) in [4.78, 5) is 38.3. The molecule has 2 heterocycles. The van der Waals surface area contributed by atoms with Crippen LogP contribution in [-0.2, 0) is 9.53 Å². The third kappa shape index (κ3) is 4.68. The van der Waals surface area contributed by atoms with Gasteiger partial charge in [-0.1, -0.05) is 10.5 Å². The number of anilines is 1. The molecular formula is C21H25FN4O4. The molecule has 3 rings (SSSR count). The van der Waals surface area contributed by atoms with Crippen LogP contribution in [-0.4, -0.2) is 45.7 Å². The van der Waals surface area contributed by atoms with E-state index in [1.54, 1.807) is 39.1 Å². The van der Waals surface area contributed by atoms with E-state index in [0.29, 0.717) is 5.69 Å². The van der Waals surface area contributed by atoms with E-state index in [1.807, 2.05) is 0 Å². The highest BCUT2D eigenvalue weighted by atomic mass is 19.2. The van der Waals surface area contributed by atoms with E-state index in [9.17, 15) is 18.9 Å². The Kier molecular flexibility index (Phi) is 5.93. The molecule has 0 radical (unpaired) electrons. The van der Waals surface area contributed by atoms with Gasteiger partial charge in [-0.25, -0.2) is 4.79 Å². The molecule has 2 N–H and O–H groups in total. The minimum atomic E-state index is -1.06. The lowest BCUT2D eigenvalue weighted by atomic mass is 10.1. The number of ether oxygens (including phenoxy) is 1. The number of aromatic nitrogens is 1. The predicted octanol–water partition coefficient (Wildman–Crippen LogP) is 2.39. The second kappa shape index (κ2) is 8.27. The summed E-state index contributed by atoms with van der Waals surface area (Å²) in [5.74, 6) is -0.904. The van der Waals surface area contributed by atoms with Crippen molar-refractivity contribution in [2.75, 3.05) is 11.7 Å². The zero-order chi connectivity index (χ0) is 22.1. The minimum absolute atomic E-state index is 0.00236. The number of likely N-dealkylation sites (tertiary alicyclic amines) is 1. The van der Waals surface area contributed by atoms with Crippen molar-refractivity contribution in [3.05, 3.63) is 59.0 Å². The quantitative estimate of drug-likeness (QED) is 0.775. The van der Waals surface area contributed by atoms with Gasteiger partial charge < -0.3 is 10.5 Å². The van der Waals surface area contributed by atoms with E-state index in [4.69, 9.17) is 10.5 Å². The second-order valence-corrected chi connectivity index (χ2v) is 8.19. The Labute approximate surface area is 173 Å². The summed E-state index contributed by atoms with van der Waals surface area (Å²) < 4.78 is 21.6. The van der Waals surface area contributed by atoms with Gasteiger partial charge in [0.2, 0.25) is 0 Å². The monoisotopic (exact) mass is 416 g/mol. The summed E-state index contributed by atoms with van der Waals surface area (Å²) in [7, 11) is 0. The van der Waals surface area contributed by atoms with E-state index in [-0.39, 0.29) is 29.3 Å². The molecule has 2 atom stereocenters. The van der Waals surface area contributed by atoms with E-state index >= 15 is 0 Å². The number of pyridine rings is 1. The van der Waals surface area contributed by atoms with Gasteiger partial charge in [-0.05, 0) is 57.5 Å². The van der Waals surface area contributed by atoms with Gasteiger partial charge in [0.15, 0.2) is 0 Å². The number of carbonyl (C=O) groups excluding carboxylic acids is 2. The Morgan fingerprint density at radius 1 is 1.17 bits per heavy atom. The molecule has 0 aliphatic carbocycles. The van der Waals surface area contributed by atoms with Crippen molar-refractivity contribution >= 4 is 17.7 Å². The highest BCUT2D eigenvalue weighted by molar-refractivity contribution is 5.97. The fraction of sp³-hybridized carbons (Fsp3) is 0.381. The highest BCUT2D eigenvalue weighted by Gasteiger charge is 2.42. The molecule has 2 amide bonds. The Balaban J connectivity index is 1.78. The third-order valence-electron chi connectivity index (χ3n) is 4.62. The van der Waals surface area contributed by atoms with Gasteiger partial charge in [0, 0.05) is 30.5 Å². The molecule has 0 spiro atoms. The van der Waals surface area contributed by atoms with Crippen molar-refractivity contribution in [1.29, 1.82) is 0 Å². The molecule has 1 aliphatic rings. The number of hydrogen-bond acceptors (Lipinski definition) is 5. The number of amides is 2. The van der Waals surface area contributed by atoms with Crippen LogP contribution in [0.5, 0.6) is 0 Å². The molecule has 9 heteroatoms. The van der Waals surface area contributed by atoms with Crippen molar-refractivity contribution in [1.82, 2.24) is 9.47 Å². The SMILES string of the molecule is CC(C)(C)OC(=O)N1C[C@@H](N)C[C@H]1C(=O)N(F)c1ccc(-n2ccccc2=O)cc1. The average molecular weight is 416 g/mol. The maximum Gasteiger partial charge on any atom is 0.411 e. The van der Waals surface area contributed by atoms with Gasteiger partial charge in [-0.15, -0.1) is 5.12 Å². The van der Waals surface area contributed by atoms with Gasteiger partial charge in [0.1, 0.15) is 11.6 Å². The first-order chi connectivity index (χ1) is 14.1. The summed E-state index contributed by atoms with van der Waals surface area (Å²) in [6.45, 7) is 5.23. The van der Waals surface area contributed by atoms with Gasteiger partial charge in [0.25, 0.3) is 11.5 Å². The summed E-state index contributed by atoms with van der Waals surface area (Å²) >= 11 is 0. The molecule has 1 aliphatic heterocycles. The first kappa shape index (κ1) is 21.5. The standard InChI is InChI=1S/C21H25FN4O4/c1-21(2,3)30-20(29)25-13-14(23)12-17(25)19(28)26(22)16-9-7-15(8-10-16)24-11-5-4-6-18(24)27/h4-11,14,17H,12-13,23H2,1-3H3/t14-,17-/m0/s1. The number of nitrogens with zero attached hydrogens (tertiary/aromatic N) is 3. The van der Waals surface area contributed by atoms with Crippen LogP contribution < -0.4 is 16.4 Å². The lowest BCUT2D eigenvalue weighted by molar-refractivity contribution is -0.125. The topological polar surface area (TPSA) is 97.9 Å². The predicted molar refractivity (Wildman–Crippen MR) is 110 cm³/mol. The van der Waals surface area contributed by atoms with Crippen LogP contribution in [0, 0.1) is 0 Å². The van der Waals surface area contributed by atoms with Crippen molar-refractivity contribution < 1.29 is 18.8 Å². The Bertz CT molecular complexity index is 983. The molecule has 1 fully saturated rings. The summed E-state index contributed by atoms with van der Waals surface area (Å²) in [6.07, 6.45) is 1.02. The zero-order valence-electron chi connectivity index (χ0n) is 17.1. The first-order valence-corrected chi connectivity index (χ1v) is 9.60. The first-order valence-electron chi connectivity index (χ1n) is 9.60. The van der Waals surface area contributed by atoms with Crippen LogP contribution in [0.25, 0.3) is 5.69 Å². The molecule has 1 aromatic heterocycles. The average Bonchev–Trinajstić information content (AvgIpc) is 3.08. The highest BCUT2D eigenvalue weighted by Crippen LogP contribution is 2.25. The van der Waals surface area contributed by atoms with Crippen LogP contribution in [0.15, 0.2) is 53.5 Å². The maximum atomic E-state index is 14.9. The van der Waals surface area contributed by atoms with Gasteiger partial charge in [0.05, 0.1) is 5.69 Å². The summed E-state index contributed by atoms with van der Waals surface area (Å²) in [5.41, 5.74) is 5.45. The van der Waals surface area contributed by atoms with Crippen LogP contribution in [0.2, 0.25) is 0 Å². The minimum Gasteiger partial charge on any atom is -0.444 e. The van der Waals surface area contributed by atoms with Gasteiger partial charge in [-0.3, -0.25) is 19.1 Å². The van der Waals surface area contributed by atoms with E-state index < -0.39 is 29.7 Å². The number of rotatable bonds is 3. The van der Waals surface area contributed by atoms with E-state index in [1.165, 1.54) is 39.8 Å². The van der Waals surface area contributed by atoms with Gasteiger partial charge in [-0.2, -0.15) is 0 Å². The number of hydrogen-bond donors (Lipinski definition) is 1. The number of halogens is 1. The van der Waals surface area contributed by atoms with E-state index in [2.05, 4.69) is 0 Å². The number of benzene rings is 1. The van der Waals surface area contributed by atoms with Crippen LogP contribution in [0.1, 0.15) is 27.2 Å². The van der Waals surface area contributed by atoms with Crippen molar-refractivity contribution in [3.8, 4) is 5.69 Å². The van der Waals surface area contributed by atoms with Crippen molar-refractivity contribution in [3.63, 3.8) is 0 Å². The Hall–Kier alpha value is -3.20. The van der Waals surface area contributed by atoms with Crippen LogP contribution >= 0.6 is 0 Å². The molecule has 2 aromatic rings. The molecule has 8 nitrogen and oxygen atoms in total. The largest absolute Gasteiger partial charge is 0.444 e. The fourth-order valence-corrected chi connectivity index (χ4v) is 3.27. The van der Waals surface area contributed by atoms with Gasteiger partial charge >= 0.3 is 6.09 Å². The summed E-state index contributed by atoms with van der Waals surface area (Å²) in [6, 6.07) is 9.06. The van der Waals surface area contributed by atoms with E-state index in [0.717, 1.165) is 0 Å². The zero-order valence-corrected chi connectivity index (χ0v) is 17.1. The molecule has 0 bridgehead atoms. The molecule has 1 saturated heterocycles. The lowest BCUT2D eigenvalue weighted by Crippen LogP contribution is -2.47. The molecule has 30 heavy (non-hydrogen) atoms. The Morgan fingerprint density at radius 3 is 2.43 bits per heavy atom. The fourth-order valence-electron chi connectivity index (χ4n) is 3.27. The smallest absolute Gasteiger partial charge is 0.411 e. The maximum absolute atomic E-state index is 14.9. The molecule has 1 aromatic carbocycles. The number of carbonyl (C=O) groups is 2. The van der Waals surface area contributed by atoms with Crippen LogP contribution in [0.4, 0.5) is 15.0 Å². The normalized spacial score (nSPS) is 18.9. The summed E-state index contributed by atoms with van der Waals surface area (Å²) in [5, 5.41) is -0.00236. The third-order valence-corrected chi connectivity index (χ3v) is 4.62. The van der Waals surface area contributed by atoms with Crippen molar-refractivity contribution in [2.24, 2.45) is 5.73 Å². The second-order valence-electron chi connectivity index (χ2n) is 8.19. The number of nitrogens with two attached hydrogens (primary N) is 1. The molecule has 0 unspecified atom stereocenters. The molecule has 160 valence electrons.